The number of hydrogen-bond donors (Lipinski definition) is 1. The molecular weight excluding hydrogens is 332 g/mol. The number of benzene rings is 2. The molecular formula is C23H22N4. The molecule has 1 aliphatic heterocycles. The molecule has 0 bridgehead atoms. The van der Waals surface area contributed by atoms with E-state index in [4.69, 9.17) is 4.99 Å². The van der Waals surface area contributed by atoms with E-state index in [2.05, 4.69) is 60.5 Å². The van der Waals surface area contributed by atoms with E-state index in [1.54, 1.807) is 12.4 Å². The van der Waals surface area contributed by atoms with Crippen LogP contribution in [-0.2, 0) is 5.41 Å². The molecule has 3 aromatic rings. The van der Waals surface area contributed by atoms with Crippen LogP contribution in [0.15, 0.2) is 83.2 Å². The fraction of sp³-hybridized carbons (Fsp3) is 0.174. The highest BCUT2D eigenvalue weighted by molar-refractivity contribution is 6.17. The summed E-state index contributed by atoms with van der Waals surface area (Å²) >= 11 is 0. The van der Waals surface area contributed by atoms with Crippen LogP contribution in [0, 0.1) is 0 Å². The number of hydrazone groups is 1. The lowest BCUT2D eigenvalue weighted by atomic mass is 9.86. The lowest BCUT2D eigenvalue weighted by molar-refractivity contribution is 0.590. The third kappa shape index (κ3) is 3.51. The monoisotopic (exact) mass is 354 g/mol. The SMILES string of the molecule is CC(C)(C)c1ccc(C2=Nc3ccccc3C(c3ccncc3)=NN2)cc1. The fourth-order valence-electron chi connectivity index (χ4n) is 3.07. The summed E-state index contributed by atoms with van der Waals surface area (Å²) in [6, 6.07) is 20.5. The molecule has 134 valence electrons. The van der Waals surface area contributed by atoms with Gasteiger partial charge in [-0.3, -0.25) is 10.4 Å². The molecule has 0 radical (unpaired) electrons. The lowest BCUT2D eigenvalue weighted by Crippen LogP contribution is -2.20. The van der Waals surface area contributed by atoms with E-state index >= 15 is 0 Å². The molecule has 4 heteroatoms. The Morgan fingerprint density at radius 1 is 0.778 bits per heavy atom. The number of rotatable bonds is 2. The van der Waals surface area contributed by atoms with Gasteiger partial charge >= 0.3 is 0 Å². The fourth-order valence-corrected chi connectivity index (χ4v) is 3.07. The zero-order valence-electron chi connectivity index (χ0n) is 15.8. The van der Waals surface area contributed by atoms with Gasteiger partial charge in [-0.1, -0.05) is 63.2 Å². The van der Waals surface area contributed by atoms with Gasteiger partial charge in [0.1, 0.15) is 5.71 Å². The summed E-state index contributed by atoms with van der Waals surface area (Å²) in [6.45, 7) is 6.64. The summed E-state index contributed by atoms with van der Waals surface area (Å²) in [4.78, 5) is 8.96. The summed E-state index contributed by atoms with van der Waals surface area (Å²) < 4.78 is 0. The summed E-state index contributed by atoms with van der Waals surface area (Å²) in [5.74, 6) is 0.743. The topological polar surface area (TPSA) is 49.6 Å². The van der Waals surface area contributed by atoms with E-state index in [0.717, 1.165) is 33.9 Å². The number of nitrogens with one attached hydrogen (secondary N) is 1. The summed E-state index contributed by atoms with van der Waals surface area (Å²) in [7, 11) is 0. The summed E-state index contributed by atoms with van der Waals surface area (Å²) in [5.41, 5.74) is 9.35. The van der Waals surface area contributed by atoms with E-state index in [1.807, 2.05) is 36.4 Å². The van der Waals surface area contributed by atoms with Crippen LogP contribution < -0.4 is 5.43 Å². The highest BCUT2D eigenvalue weighted by Gasteiger charge is 2.18. The van der Waals surface area contributed by atoms with Gasteiger partial charge in [-0.25, -0.2) is 4.99 Å². The van der Waals surface area contributed by atoms with E-state index in [0.29, 0.717) is 0 Å². The van der Waals surface area contributed by atoms with Crippen molar-refractivity contribution in [1.82, 2.24) is 10.4 Å². The molecule has 0 spiro atoms. The Labute approximate surface area is 159 Å². The van der Waals surface area contributed by atoms with E-state index < -0.39 is 0 Å². The van der Waals surface area contributed by atoms with Crippen molar-refractivity contribution in [1.29, 1.82) is 0 Å². The number of fused-ring (bicyclic) bond motifs is 1. The second kappa shape index (κ2) is 6.80. The average Bonchev–Trinajstić information content (AvgIpc) is 2.88. The Hall–Kier alpha value is -3.27. The Morgan fingerprint density at radius 2 is 1.48 bits per heavy atom. The third-order valence-corrected chi connectivity index (χ3v) is 4.64. The van der Waals surface area contributed by atoms with Crippen molar-refractivity contribution in [2.24, 2.45) is 10.1 Å². The smallest absolute Gasteiger partial charge is 0.154 e. The van der Waals surface area contributed by atoms with Gasteiger partial charge in [-0.15, -0.1) is 0 Å². The van der Waals surface area contributed by atoms with E-state index in [1.165, 1.54) is 5.56 Å². The number of amidine groups is 1. The Morgan fingerprint density at radius 3 is 2.19 bits per heavy atom. The molecule has 1 aliphatic rings. The van der Waals surface area contributed by atoms with Crippen LogP contribution in [-0.4, -0.2) is 16.5 Å². The van der Waals surface area contributed by atoms with Crippen LogP contribution in [0.2, 0.25) is 0 Å². The Kier molecular flexibility index (Phi) is 4.32. The van der Waals surface area contributed by atoms with Crippen LogP contribution in [0.25, 0.3) is 0 Å². The van der Waals surface area contributed by atoms with Gasteiger partial charge in [-0.05, 0) is 29.2 Å². The maximum absolute atomic E-state index is 4.85. The lowest BCUT2D eigenvalue weighted by Gasteiger charge is -2.19. The number of hydrogen-bond acceptors (Lipinski definition) is 4. The van der Waals surface area contributed by atoms with Crippen LogP contribution in [0.4, 0.5) is 5.69 Å². The maximum Gasteiger partial charge on any atom is 0.154 e. The molecule has 0 unspecified atom stereocenters. The molecule has 0 fully saturated rings. The second-order valence-corrected chi connectivity index (χ2v) is 7.61. The van der Waals surface area contributed by atoms with Gasteiger partial charge in [0, 0.05) is 29.1 Å². The summed E-state index contributed by atoms with van der Waals surface area (Å²) in [6.07, 6.45) is 3.55. The highest BCUT2D eigenvalue weighted by Crippen LogP contribution is 2.26. The largest absolute Gasteiger partial charge is 0.265 e. The molecule has 0 saturated heterocycles. The van der Waals surface area contributed by atoms with Gasteiger partial charge in [0.25, 0.3) is 0 Å². The maximum atomic E-state index is 4.85. The summed E-state index contributed by atoms with van der Waals surface area (Å²) in [5, 5.41) is 4.67. The zero-order chi connectivity index (χ0) is 18.9. The quantitative estimate of drug-likeness (QED) is 0.718. The number of nitrogens with zero attached hydrogens (tertiary/aromatic N) is 3. The molecule has 27 heavy (non-hydrogen) atoms. The molecule has 1 N–H and O–H groups in total. The van der Waals surface area contributed by atoms with Crippen molar-refractivity contribution in [2.45, 2.75) is 26.2 Å². The minimum atomic E-state index is 0.122. The van der Waals surface area contributed by atoms with Gasteiger partial charge < -0.3 is 0 Å². The van der Waals surface area contributed by atoms with Crippen molar-refractivity contribution < 1.29 is 0 Å². The first-order valence-electron chi connectivity index (χ1n) is 9.05. The van der Waals surface area contributed by atoms with Crippen LogP contribution in [0.5, 0.6) is 0 Å². The normalized spacial score (nSPS) is 13.7. The van der Waals surface area contributed by atoms with Gasteiger partial charge in [-0.2, -0.15) is 5.10 Å². The van der Waals surface area contributed by atoms with Crippen molar-refractivity contribution in [2.75, 3.05) is 0 Å². The van der Waals surface area contributed by atoms with Crippen LogP contribution >= 0.6 is 0 Å². The predicted molar refractivity (Wildman–Crippen MR) is 111 cm³/mol. The van der Waals surface area contributed by atoms with Gasteiger partial charge in [0.2, 0.25) is 0 Å². The van der Waals surface area contributed by atoms with Crippen molar-refractivity contribution in [3.8, 4) is 0 Å². The van der Waals surface area contributed by atoms with Crippen molar-refractivity contribution >= 4 is 17.2 Å². The van der Waals surface area contributed by atoms with Gasteiger partial charge in [0.15, 0.2) is 5.84 Å². The predicted octanol–water partition coefficient (Wildman–Crippen LogP) is 4.81. The van der Waals surface area contributed by atoms with Gasteiger partial charge in [0.05, 0.1) is 5.69 Å². The molecule has 0 atom stereocenters. The van der Waals surface area contributed by atoms with E-state index in [-0.39, 0.29) is 5.41 Å². The average molecular weight is 354 g/mol. The Bertz CT molecular complexity index is 1010. The molecule has 2 heterocycles. The minimum Gasteiger partial charge on any atom is -0.265 e. The standard InChI is InChI=1S/C23H22N4/c1-23(2,3)18-10-8-17(9-11-18)22-25-20-7-5-4-6-19(20)21(26-27-22)16-12-14-24-15-13-16/h4-15H,1-3H3,(H,25,27). The molecule has 4 rings (SSSR count). The molecule has 4 nitrogen and oxygen atoms in total. The van der Waals surface area contributed by atoms with Crippen molar-refractivity contribution in [3.05, 3.63) is 95.3 Å². The second-order valence-electron chi connectivity index (χ2n) is 7.61. The number of aliphatic imine (C=N–C) groups is 1. The zero-order valence-corrected chi connectivity index (χ0v) is 15.8. The number of pyridine rings is 1. The highest BCUT2D eigenvalue weighted by atomic mass is 15.3. The third-order valence-electron chi connectivity index (χ3n) is 4.64. The van der Waals surface area contributed by atoms with Crippen LogP contribution in [0.3, 0.4) is 0 Å². The minimum absolute atomic E-state index is 0.122. The van der Waals surface area contributed by atoms with Crippen molar-refractivity contribution in [3.63, 3.8) is 0 Å². The van der Waals surface area contributed by atoms with E-state index in [9.17, 15) is 0 Å². The molecule has 0 aliphatic carbocycles. The first kappa shape index (κ1) is 17.2. The molecule has 0 amide bonds. The number of aromatic nitrogens is 1. The Balaban J connectivity index is 1.77. The number of para-hydroxylation sites is 1. The van der Waals surface area contributed by atoms with Crippen LogP contribution in [0.1, 0.15) is 43.0 Å². The first-order valence-corrected chi connectivity index (χ1v) is 9.05. The molecule has 1 aromatic heterocycles. The first-order chi connectivity index (χ1) is 13.0. The molecule has 0 saturated carbocycles. The molecule has 2 aromatic carbocycles.